The van der Waals surface area contributed by atoms with E-state index in [0.717, 1.165) is 23.3 Å². The van der Waals surface area contributed by atoms with E-state index in [2.05, 4.69) is 42.4 Å². The van der Waals surface area contributed by atoms with Crippen molar-refractivity contribution >= 4 is 44.0 Å². The second kappa shape index (κ2) is 14.4. The molecule has 0 atom stereocenters. The molecule has 0 spiro atoms. The van der Waals surface area contributed by atoms with Crippen LogP contribution in [0, 0.1) is 0 Å². The van der Waals surface area contributed by atoms with E-state index in [4.69, 9.17) is 14.2 Å². The Morgan fingerprint density at radius 1 is 0.833 bits per heavy atom. The van der Waals surface area contributed by atoms with Crippen molar-refractivity contribution in [1.82, 2.24) is 5.43 Å². The number of hydrogen-bond acceptors (Lipinski definition) is 5. The number of hydrogen-bond donors (Lipinski definition) is 1. The van der Waals surface area contributed by atoms with Crippen molar-refractivity contribution in [2.75, 3.05) is 6.61 Å². The van der Waals surface area contributed by atoms with Gasteiger partial charge in [-0.05, 0) is 91.9 Å². The number of nitrogens with one attached hydrogen (secondary N) is 1. The van der Waals surface area contributed by atoms with Gasteiger partial charge >= 0.3 is 6.18 Å². The van der Waals surface area contributed by atoms with E-state index in [-0.39, 0.29) is 6.61 Å². The summed E-state index contributed by atoms with van der Waals surface area (Å²) >= 11 is 6.96. The Morgan fingerprint density at radius 3 is 2.19 bits per heavy atom. The minimum Gasteiger partial charge on any atom is -0.490 e. The summed E-state index contributed by atoms with van der Waals surface area (Å²) in [6.45, 7) is 3.02. The SMILES string of the molecule is CCOc1cc(COc2c(Br)cc(/C=N/NC(=O)c3ccccc3C(F)(F)F)cc2Br)ccc1OCc1ccccc1. The molecule has 42 heavy (non-hydrogen) atoms. The van der Waals surface area contributed by atoms with Gasteiger partial charge in [0.05, 0.1) is 32.9 Å². The second-order valence-corrected chi connectivity index (χ2v) is 10.5. The Hall–Kier alpha value is -3.83. The maximum absolute atomic E-state index is 13.2. The number of amides is 1. The maximum Gasteiger partial charge on any atom is 0.417 e. The van der Waals surface area contributed by atoms with Gasteiger partial charge in [-0.15, -0.1) is 0 Å². The first-order valence-electron chi connectivity index (χ1n) is 12.7. The molecule has 0 saturated heterocycles. The third-order valence-corrected chi connectivity index (χ3v) is 6.98. The molecule has 0 fully saturated rings. The lowest BCUT2D eigenvalue weighted by atomic mass is 10.1. The van der Waals surface area contributed by atoms with Crippen molar-refractivity contribution in [2.24, 2.45) is 5.10 Å². The summed E-state index contributed by atoms with van der Waals surface area (Å²) in [5.41, 5.74) is 3.06. The van der Waals surface area contributed by atoms with E-state index in [9.17, 15) is 18.0 Å². The molecular formula is C31H25Br2F3N2O4. The molecule has 0 radical (unpaired) electrons. The second-order valence-electron chi connectivity index (χ2n) is 8.83. The number of alkyl halides is 3. The number of rotatable bonds is 11. The molecule has 1 amide bonds. The van der Waals surface area contributed by atoms with E-state index in [1.54, 1.807) is 12.1 Å². The molecular weight excluding hydrogens is 681 g/mol. The van der Waals surface area contributed by atoms with Crippen molar-refractivity contribution in [3.8, 4) is 17.2 Å². The molecule has 6 nitrogen and oxygen atoms in total. The highest BCUT2D eigenvalue weighted by Crippen LogP contribution is 2.36. The normalized spacial score (nSPS) is 11.4. The summed E-state index contributed by atoms with van der Waals surface area (Å²) in [6, 6.07) is 23.4. The summed E-state index contributed by atoms with van der Waals surface area (Å²) in [5, 5.41) is 3.82. The van der Waals surface area contributed by atoms with E-state index in [1.807, 2.05) is 55.5 Å². The van der Waals surface area contributed by atoms with Gasteiger partial charge in [0.25, 0.3) is 5.91 Å². The quantitative estimate of drug-likeness (QED) is 0.125. The average Bonchev–Trinajstić information content (AvgIpc) is 2.96. The van der Waals surface area contributed by atoms with Crippen LogP contribution in [0.2, 0.25) is 0 Å². The van der Waals surface area contributed by atoms with Crippen LogP contribution in [0.15, 0.2) is 99.0 Å². The largest absolute Gasteiger partial charge is 0.490 e. The van der Waals surface area contributed by atoms with Gasteiger partial charge in [0.2, 0.25) is 0 Å². The molecule has 218 valence electrons. The minimum absolute atomic E-state index is 0.234. The summed E-state index contributed by atoms with van der Waals surface area (Å²) < 4.78 is 58.6. The number of carbonyl (C=O) groups is 1. The fourth-order valence-electron chi connectivity index (χ4n) is 3.87. The summed E-state index contributed by atoms with van der Waals surface area (Å²) in [4.78, 5) is 12.3. The molecule has 11 heteroatoms. The molecule has 1 N–H and O–H groups in total. The predicted molar refractivity (Wildman–Crippen MR) is 161 cm³/mol. The van der Waals surface area contributed by atoms with E-state index >= 15 is 0 Å². The Balaban J connectivity index is 1.40. The molecule has 0 saturated carbocycles. The van der Waals surface area contributed by atoms with Crippen LogP contribution >= 0.6 is 31.9 Å². The lowest BCUT2D eigenvalue weighted by Gasteiger charge is -2.15. The zero-order valence-electron chi connectivity index (χ0n) is 22.3. The van der Waals surface area contributed by atoms with E-state index < -0.39 is 23.2 Å². The molecule has 0 heterocycles. The Morgan fingerprint density at radius 2 is 1.50 bits per heavy atom. The minimum atomic E-state index is -4.66. The van der Waals surface area contributed by atoms with Gasteiger partial charge in [-0.25, -0.2) is 5.43 Å². The first-order valence-corrected chi connectivity index (χ1v) is 14.3. The first-order chi connectivity index (χ1) is 20.2. The zero-order valence-corrected chi connectivity index (χ0v) is 25.4. The molecule has 0 aliphatic heterocycles. The number of benzene rings is 4. The van der Waals surface area contributed by atoms with Gasteiger partial charge in [0.15, 0.2) is 11.5 Å². The molecule has 0 aromatic heterocycles. The van der Waals surface area contributed by atoms with Crippen molar-refractivity contribution in [1.29, 1.82) is 0 Å². The first kappa shape index (κ1) is 31.1. The highest BCUT2D eigenvalue weighted by molar-refractivity contribution is 9.11. The van der Waals surface area contributed by atoms with Gasteiger partial charge in [-0.1, -0.05) is 48.5 Å². The van der Waals surface area contributed by atoms with Gasteiger partial charge in [-0.3, -0.25) is 4.79 Å². The standard InChI is InChI=1S/C31H25Br2F3N2O4/c1-2-40-28-16-21(12-13-27(28)41-18-20-8-4-3-5-9-20)19-42-29-25(32)14-22(15-26(29)33)17-37-38-30(39)23-10-6-7-11-24(23)31(34,35)36/h3-17H,2,18-19H2,1H3,(H,38,39)/b37-17+. The molecule has 0 unspecified atom stereocenters. The molecule has 4 aromatic carbocycles. The van der Waals surface area contributed by atoms with Crippen LogP contribution in [0.25, 0.3) is 0 Å². The van der Waals surface area contributed by atoms with Crippen LogP contribution in [0.4, 0.5) is 13.2 Å². The highest BCUT2D eigenvalue weighted by Gasteiger charge is 2.34. The lowest BCUT2D eigenvalue weighted by Crippen LogP contribution is -2.22. The Bertz CT molecular complexity index is 1540. The van der Waals surface area contributed by atoms with Crippen molar-refractivity contribution < 1.29 is 32.2 Å². The number of carbonyl (C=O) groups excluding carboxylic acids is 1. The average molecular weight is 706 g/mol. The topological polar surface area (TPSA) is 69.2 Å². The van der Waals surface area contributed by atoms with E-state index in [0.29, 0.717) is 45.0 Å². The molecule has 0 aliphatic carbocycles. The van der Waals surface area contributed by atoms with Crippen molar-refractivity contribution in [3.63, 3.8) is 0 Å². The monoisotopic (exact) mass is 704 g/mol. The summed E-state index contributed by atoms with van der Waals surface area (Å²) in [6.07, 6.45) is -3.35. The summed E-state index contributed by atoms with van der Waals surface area (Å²) in [5.74, 6) is 0.793. The molecule has 0 bridgehead atoms. The fourth-order valence-corrected chi connectivity index (χ4v) is 5.32. The molecule has 4 rings (SSSR count). The van der Waals surface area contributed by atoms with Crippen LogP contribution in [-0.2, 0) is 19.4 Å². The van der Waals surface area contributed by atoms with Gasteiger partial charge in [0.1, 0.15) is 19.0 Å². The van der Waals surface area contributed by atoms with Gasteiger partial charge < -0.3 is 14.2 Å². The Labute approximate surface area is 257 Å². The van der Waals surface area contributed by atoms with Crippen LogP contribution in [-0.4, -0.2) is 18.7 Å². The van der Waals surface area contributed by atoms with Crippen LogP contribution in [0.1, 0.15) is 39.5 Å². The molecule has 0 aliphatic rings. The van der Waals surface area contributed by atoms with Crippen molar-refractivity contribution in [2.45, 2.75) is 26.3 Å². The number of halogens is 5. The maximum atomic E-state index is 13.2. The van der Waals surface area contributed by atoms with Crippen LogP contribution in [0.3, 0.4) is 0 Å². The zero-order chi connectivity index (χ0) is 30.1. The molecule has 4 aromatic rings. The number of nitrogens with zero attached hydrogens (tertiary/aromatic N) is 1. The van der Waals surface area contributed by atoms with Crippen molar-refractivity contribution in [3.05, 3.63) is 122 Å². The number of hydrazone groups is 1. The van der Waals surface area contributed by atoms with Gasteiger partial charge in [0, 0.05) is 0 Å². The Kier molecular flexibility index (Phi) is 10.6. The van der Waals surface area contributed by atoms with E-state index in [1.165, 1.54) is 18.3 Å². The number of ether oxygens (including phenoxy) is 3. The van der Waals surface area contributed by atoms with Crippen LogP contribution in [0.5, 0.6) is 17.2 Å². The third-order valence-electron chi connectivity index (χ3n) is 5.81. The summed E-state index contributed by atoms with van der Waals surface area (Å²) in [7, 11) is 0. The fraction of sp³-hybridized carbons (Fsp3) is 0.161. The highest BCUT2D eigenvalue weighted by atomic mass is 79.9. The van der Waals surface area contributed by atoms with Crippen LogP contribution < -0.4 is 19.6 Å². The smallest absolute Gasteiger partial charge is 0.417 e. The third kappa shape index (κ3) is 8.36. The predicted octanol–water partition coefficient (Wildman–Crippen LogP) is 8.55. The lowest BCUT2D eigenvalue weighted by molar-refractivity contribution is -0.137. The van der Waals surface area contributed by atoms with Gasteiger partial charge in [-0.2, -0.15) is 18.3 Å².